The molecule has 0 spiro atoms. The quantitative estimate of drug-likeness (QED) is 0.678. The van der Waals surface area contributed by atoms with Gasteiger partial charge in [-0.25, -0.2) is 0 Å². The molecule has 2 nitrogen and oxygen atoms in total. The molecule has 0 aliphatic rings. The van der Waals surface area contributed by atoms with Gasteiger partial charge in [-0.2, -0.15) is 0 Å². The average Bonchev–Trinajstić information content (AvgIpc) is 1.53. The van der Waals surface area contributed by atoms with Crippen LogP contribution < -0.4 is 0 Å². The second-order valence-corrected chi connectivity index (χ2v) is 4.77. The molecule has 5 heteroatoms. The first-order chi connectivity index (χ1) is 5.12. The molecular formula is C10H26Cl2NOTi-. The molecule has 0 heterocycles. The smallest absolute Gasteiger partial charge is 0.0402 e. The summed E-state index contributed by atoms with van der Waals surface area (Å²) >= 11 is 0. The molecule has 0 atom stereocenters. The van der Waals surface area contributed by atoms with E-state index >= 15 is 0 Å². The Labute approximate surface area is 123 Å². The van der Waals surface area contributed by atoms with Crippen LogP contribution in [0.4, 0.5) is 0 Å². The van der Waals surface area contributed by atoms with Crippen LogP contribution in [0.5, 0.6) is 0 Å². The molecule has 0 rings (SSSR count). The Kier molecular flexibility index (Phi) is 26.4. The minimum Gasteiger partial charge on any atom is -0.653 e. The van der Waals surface area contributed by atoms with E-state index < -0.39 is 0 Å². The Bertz CT molecular complexity index is 99.0. The van der Waals surface area contributed by atoms with Crippen molar-refractivity contribution in [2.75, 3.05) is 6.61 Å². The van der Waals surface area contributed by atoms with Crippen molar-refractivity contribution in [1.29, 1.82) is 0 Å². The topological polar surface area (TPSA) is 34.3 Å². The monoisotopic (exact) mass is 294 g/mol. The zero-order chi connectivity index (χ0) is 10.4. The Morgan fingerprint density at radius 2 is 1.00 bits per heavy atom. The fourth-order valence-corrected chi connectivity index (χ4v) is 1.01. The summed E-state index contributed by atoms with van der Waals surface area (Å²) in [6.07, 6.45) is 0. The molecule has 0 bridgehead atoms. The van der Waals surface area contributed by atoms with Crippen molar-refractivity contribution in [3.63, 3.8) is 0 Å². The van der Waals surface area contributed by atoms with Crippen molar-refractivity contribution in [2.24, 2.45) is 0 Å². The summed E-state index contributed by atoms with van der Waals surface area (Å²) in [5.41, 5.74) is 0.219. The number of aliphatic hydroxyl groups excluding tert-OH is 1. The molecule has 0 aromatic rings. The number of aliphatic hydroxyl groups is 1. The average molecular weight is 295 g/mol. The number of rotatable bonds is 0. The molecule has 0 aromatic carbocycles. The Morgan fingerprint density at radius 1 is 0.867 bits per heavy atom. The van der Waals surface area contributed by atoms with Gasteiger partial charge >= 0.3 is 0 Å². The summed E-state index contributed by atoms with van der Waals surface area (Å²) < 4.78 is 0. The molecule has 1 N–H and O–H groups in total. The standard InChI is InChI=1S/C8H18N.C2H6O.2ClH.Ti/c1-7(2,3)9-8(4,5)6;1-2-3;;;/h1-6H3;3H,2H2,1H3;2*1H;/q-1;;;;. The van der Waals surface area contributed by atoms with E-state index in [9.17, 15) is 0 Å². The first-order valence-corrected chi connectivity index (χ1v) is 4.47. The third kappa shape index (κ3) is 51.0. The fraction of sp³-hybridized carbons (Fsp3) is 1.00. The Hall–Kier alpha value is 1.21. The van der Waals surface area contributed by atoms with Gasteiger partial charge in [0.2, 0.25) is 0 Å². The molecule has 15 heavy (non-hydrogen) atoms. The molecule has 0 radical (unpaired) electrons. The first-order valence-electron chi connectivity index (χ1n) is 4.47. The summed E-state index contributed by atoms with van der Waals surface area (Å²) in [6, 6.07) is 0. The Balaban J connectivity index is -0.0000000500. The molecule has 0 aromatic heterocycles. The van der Waals surface area contributed by atoms with Crippen LogP contribution in [0, 0.1) is 0 Å². The fourth-order valence-electron chi connectivity index (χ4n) is 1.01. The van der Waals surface area contributed by atoms with E-state index in [1.165, 1.54) is 0 Å². The summed E-state index contributed by atoms with van der Waals surface area (Å²) in [6.45, 7) is 14.7. The van der Waals surface area contributed by atoms with Crippen LogP contribution in [-0.4, -0.2) is 22.8 Å². The number of hydrogen-bond donors (Lipinski definition) is 1. The zero-order valence-electron chi connectivity index (χ0n) is 10.9. The van der Waals surface area contributed by atoms with E-state index in [2.05, 4.69) is 46.9 Å². The van der Waals surface area contributed by atoms with Gasteiger partial charge in [0.15, 0.2) is 0 Å². The van der Waals surface area contributed by atoms with Crippen LogP contribution in [0.1, 0.15) is 48.5 Å². The molecule has 0 fully saturated rings. The van der Waals surface area contributed by atoms with Crippen LogP contribution >= 0.6 is 24.8 Å². The third-order valence-electron chi connectivity index (χ3n) is 0.671. The SMILES string of the molecule is CC(C)(C)[N-]C(C)(C)C.CCO.Cl.Cl.[Ti]. The van der Waals surface area contributed by atoms with Crippen molar-refractivity contribution in [1.82, 2.24) is 0 Å². The third-order valence-corrected chi connectivity index (χ3v) is 0.671. The number of halogens is 2. The van der Waals surface area contributed by atoms with E-state index in [-0.39, 0.29) is 64.2 Å². The van der Waals surface area contributed by atoms with Gasteiger partial charge in [0, 0.05) is 28.3 Å². The van der Waals surface area contributed by atoms with Gasteiger partial charge in [0.1, 0.15) is 0 Å². The van der Waals surface area contributed by atoms with Crippen LogP contribution in [0.2, 0.25) is 0 Å². The summed E-state index contributed by atoms with van der Waals surface area (Å²) in [5.74, 6) is 0. The van der Waals surface area contributed by atoms with E-state index in [0.29, 0.717) is 0 Å². The van der Waals surface area contributed by atoms with Crippen molar-refractivity contribution in [3.8, 4) is 0 Å². The van der Waals surface area contributed by atoms with Crippen molar-refractivity contribution < 1.29 is 26.8 Å². The second-order valence-electron chi connectivity index (χ2n) is 4.77. The molecule has 0 unspecified atom stereocenters. The second kappa shape index (κ2) is 13.3. The normalized spacial score (nSPS) is 9.60. The van der Waals surface area contributed by atoms with Crippen molar-refractivity contribution in [2.45, 2.75) is 59.5 Å². The van der Waals surface area contributed by atoms with Gasteiger partial charge in [-0.3, -0.25) is 0 Å². The van der Waals surface area contributed by atoms with Gasteiger partial charge in [-0.15, -0.1) is 35.9 Å². The van der Waals surface area contributed by atoms with E-state index in [1.54, 1.807) is 6.92 Å². The molecule has 0 saturated heterocycles. The maximum Gasteiger partial charge on any atom is 0.0402 e. The Morgan fingerprint density at radius 3 is 1.00 bits per heavy atom. The van der Waals surface area contributed by atoms with Crippen LogP contribution in [0.3, 0.4) is 0 Å². The van der Waals surface area contributed by atoms with Crippen LogP contribution in [0.25, 0.3) is 5.32 Å². The van der Waals surface area contributed by atoms with Gasteiger partial charge in [0.25, 0.3) is 0 Å². The van der Waals surface area contributed by atoms with Gasteiger partial charge in [-0.1, -0.05) is 41.5 Å². The predicted octanol–water partition coefficient (Wildman–Crippen LogP) is 3.80. The zero-order valence-corrected chi connectivity index (χ0v) is 14.1. The largest absolute Gasteiger partial charge is 0.653 e. The van der Waals surface area contributed by atoms with Gasteiger partial charge in [0.05, 0.1) is 0 Å². The molecule has 0 amide bonds. The molecule has 0 saturated carbocycles. The number of nitrogens with zero attached hydrogens (tertiary/aromatic N) is 1. The predicted molar refractivity (Wildman–Crippen MR) is 70.1 cm³/mol. The first kappa shape index (κ1) is 29.8. The number of hydrogen-bond acceptors (Lipinski definition) is 1. The molecule has 0 aliphatic heterocycles. The molecular weight excluding hydrogens is 269 g/mol. The van der Waals surface area contributed by atoms with E-state index in [1.807, 2.05) is 0 Å². The van der Waals surface area contributed by atoms with Gasteiger partial charge in [-0.05, 0) is 6.92 Å². The van der Waals surface area contributed by atoms with Crippen molar-refractivity contribution >= 4 is 24.8 Å². The maximum absolute atomic E-state index is 7.57. The van der Waals surface area contributed by atoms with Crippen LogP contribution in [-0.2, 0) is 21.7 Å². The van der Waals surface area contributed by atoms with Crippen LogP contribution in [0.15, 0.2) is 0 Å². The van der Waals surface area contributed by atoms with E-state index in [4.69, 9.17) is 5.11 Å². The summed E-state index contributed by atoms with van der Waals surface area (Å²) in [5, 5.41) is 12.1. The molecule has 0 aliphatic carbocycles. The molecule has 96 valence electrons. The summed E-state index contributed by atoms with van der Waals surface area (Å²) in [7, 11) is 0. The minimum atomic E-state index is 0. The maximum atomic E-state index is 7.57. The summed E-state index contributed by atoms with van der Waals surface area (Å²) in [4.78, 5) is 0. The van der Waals surface area contributed by atoms with Gasteiger partial charge < -0.3 is 10.4 Å². The van der Waals surface area contributed by atoms with E-state index in [0.717, 1.165) is 0 Å². The minimum absolute atomic E-state index is 0. The van der Waals surface area contributed by atoms with Crippen molar-refractivity contribution in [3.05, 3.63) is 5.32 Å².